The van der Waals surface area contributed by atoms with Gasteiger partial charge in [-0.1, -0.05) is 27.7 Å². The molecule has 0 aromatic carbocycles. The number of nitrogens with zero attached hydrogens (tertiary/aromatic N) is 1. The summed E-state index contributed by atoms with van der Waals surface area (Å²) < 4.78 is 5.47. The van der Waals surface area contributed by atoms with Crippen molar-refractivity contribution in [1.29, 1.82) is 0 Å². The van der Waals surface area contributed by atoms with E-state index in [0.29, 0.717) is 6.04 Å². The number of rotatable bonds is 4. The molecule has 1 saturated heterocycles. The van der Waals surface area contributed by atoms with Crippen LogP contribution in [-0.4, -0.2) is 48.5 Å². The molecular weight excluding hydrogens is 202 g/mol. The lowest BCUT2D eigenvalue weighted by atomic mass is 9.87. The van der Waals surface area contributed by atoms with Crippen molar-refractivity contribution in [2.75, 3.05) is 26.3 Å². The third-order valence-corrected chi connectivity index (χ3v) is 3.51. The molecule has 3 heteroatoms. The van der Waals surface area contributed by atoms with Gasteiger partial charge in [0, 0.05) is 19.1 Å². The fourth-order valence-corrected chi connectivity index (χ4v) is 2.08. The van der Waals surface area contributed by atoms with Gasteiger partial charge < -0.3 is 9.84 Å². The summed E-state index contributed by atoms with van der Waals surface area (Å²) in [4.78, 5) is 2.46. The van der Waals surface area contributed by atoms with Crippen LogP contribution in [0.5, 0.6) is 0 Å². The van der Waals surface area contributed by atoms with Crippen LogP contribution in [0.15, 0.2) is 0 Å². The van der Waals surface area contributed by atoms with Gasteiger partial charge in [0.05, 0.1) is 19.3 Å². The summed E-state index contributed by atoms with van der Waals surface area (Å²) in [5.41, 5.74) is -0.00595. The van der Waals surface area contributed by atoms with Crippen LogP contribution in [-0.2, 0) is 4.74 Å². The van der Waals surface area contributed by atoms with Gasteiger partial charge in [-0.2, -0.15) is 0 Å². The fourth-order valence-electron chi connectivity index (χ4n) is 2.08. The van der Waals surface area contributed by atoms with Crippen molar-refractivity contribution in [3.8, 4) is 0 Å². The summed E-state index contributed by atoms with van der Waals surface area (Å²) in [7, 11) is 0. The molecule has 2 unspecified atom stereocenters. The smallest absolute Gasteiger partial charge is 0.0622 e. The van der Waals surface area contributed by atoms with Crippen LogP contribution >= 0.6 is 0 Å². The number of aliphatic hydroxyl groups is 1. The van der Waals surface area contributed by atoms with E-state index in [0.717, 1.165) is 39.1 Å². The Morgan fingerprint density at radius 1 is 1.44 bits per heavy atom. The molecule has 0 spiro atoms. The summed E-state index contributed by atoms with van der Waals surface area (Å²) in [6.45, 7) is 12.2. The number of hydrogen-bond acceptors (Lipinski definition) is 3. The highest BCUT2D eigenvalue weighted by Gasteiger charge is 2.25. The first-order valence-corrected chi connectivity index (χ1v) is 6.45. The van der Waals surface area contributed by atoms with E-state index in [1.165, 1.54) is 0 Å². The second-order valence-corrected chi connectivity index (χ2v) is 5.84. The Bertz CT molecular complexity index is 201. The normalized spacial score (nSPS) is 25.7. The number of hydrogen-bond donors (Lipinski definition) is 1. The fraction of sp³-hybridized carbons (Fsp3) is 1.00. The van der Waals surface area contributed by atoms with Crippen molar-refractivity contribution in [2.24, 2.45) is 5.41 Å². The first-order valence-electron chi connectivity index (χ1n) is 6.45. The summed E-state index contributed by atoms with van der Waals surface area (Å²) in [6.07, 6.45) is 1.78. The quantitative estimate of drug-likeness (QED) is 0.799. The van der Waals surface area contributed by atoms with E-state index in [-0.39, 0.29) is 11.5 Å². The van der Waals surface area contributed by atoms with Crippen molar-refractivity contribution < 1.29 is 9.84 Å². The molecule has 0 amide bonds. The maximum Gasteiger partial charge on any atom is 0.0622 e. The van der Waals surface area contributed by atoms with E-state index >= 15 is 0 Å². The summed E-state index contributed by atoms with van der Waals surface area (Å²) in [5, 5.41) is 10.0. The lowest BCUT2D eigenvalue weighted by Crippen LogP contribution is -2.46. The highest BCUT2D eigenvalue weighted by atomic mass is 16.5. The minimum Gasteiger partial charge on any atom is -0.393 e. The van der Waals surface area contributed by atoms with Gasteiger partial charge in [-0.25, -0.2) is 0 Å². The average Bonchev–Trinajstić information content (AvgIpc) is 2.24. The molecule has 0 radical (unpaired) electrons. The van der Waals surface area contributed by atoms with Gasteiger partial charge in [0.2, 0.25) is 0 Å². The lowest BCUT2D eigenvalue weighted by molar-refractivity contribution is -0.0223. The summed E-state index contributed by atoms with van der Waals surface area (Å²) >= 11 is 0. The Labute approximate surface area is 99.8 Å². The van der Waals surface area contributed by atoms with Crippen LogP contribution in [0.1, 0.15) is 40.5 Å². The van der Waals surface area contributed by atoms with Gasteiger partial charge >= 0.3 is 0 Å². The molecular formula is C13H27NO2. The Kier molecular flexibility index (Phi) is 5.22. The van der Waals surface area contributed by atoms with Crippen molar-refractivity contribution in [3.05, 3.63) is 0 Å². The standard InChI is InChI=1S/C13H27NO2/c1-5-11-10-16-9-8-14(11)7-6-12(15)13(2,3)4/h11-12,15H,5-10H2,1-4H3. The number of morpholine rings is 1. The largest absolute Gasteiger partial charge is 0.393 e. The highest BCUT2D eigenvalue weighted by molar-refractivity contribution is 4.78. The zero-order chi connectivity index (χ0) is 12.2. The molecule has 1 aliphatic heterocycles. The summed E-state index contributed by atoms with van der Waals surface area (Å²) in [6, 6.07) is 0.543. The first kappa shape index (κ1) is 13.9. The molecule has 96 valence electrons. The molecule has 1 fully saturated rings. The molecule has 3 nitrogen and oxygen atoms in total. The van der Waals surface area contributed by atoms with Gasteiger partial charge in [-0.05, 0) is 18.3 Å². The molecule has 0 aliphatic carbocycles. The van der Waals surface area contributed by atoms with Crippen molar-refractivity contribution >= 4 is 0 Å². The van der Waals surface area contributed by atoms with Gasteiger partial charge in [0.15, 0.2) is 0 Å². The van der Waals surface area contributed by atoms with Crippen LogP contribution in [0.4, 0.5) is 0 Å². The average molecular weight is 229 g/mol. The molecule has 1 N–H and O–H groups in total. The first-order chi connectivity index (χ1) is 7.45. The minimum atomic E-state index is -0.215. The van der Waals surface area contributed by atoms with Crippen molar-refractivity contribution in [3.63, 3.8) is 0 Å². The molecule has 0 saturated carbocycles. The van der Waals surface area contributed by atoms with Crippen molar-refractivity contribution in [1.82, 2.24) is 4.90 Å². The van der Waals surface area contributed by atoms with E-state index < -0.39 is 0 Å². The molecule has 2 atom stereocenters. The maximum absolute atomic E-state index is 10.0. The van der Waals surface area contributed by atoms with E-state index in [4.69, 9.17) is 4.74 Å². The molecule has 1 aliphatic rings. The van der Waals surface area contributed by atoms with Crippen LogP contribution in [0.25, 0.3) is 0 Å². The number of aliphatic hydroxyl groups excluding tert-OH is 1. The Hall–Kier alpha value is -0.120. The zero-order valence-electron chi connectivity index (χ0n) is 11.2. The second-order valence-electron chi connectivity index (χ2n) is 5.84. The van der Waals surface area contributed by atoms with E-state index in [9.17, 15) is 5.11 Å². The van der Waals surface area contributed by atoms with Crippen LogP contribution < -0.4 is 0 Å². The van der Waals surface area contributed by atoms with Gasteiger partial charge in [0.25, 0.3) is 0 Å². The van der Waals surface area contributed by atoms with Gasteiger partial charge in [-0.3, -0.25) is 4.90 Å². The highest BCUT2D eigenvalue weighted by Crippen LogP contribution is 2.22. The van der Waals surface area contributed by atoms with E-state index in [1.807, 2.05) is 0 Å². The number of ether oxygens (including phenoxy) is 1. The second kappa shape index (κ2) is 5.99. The van der Waals surface area contributed by atoms with Crippen LogP contribution in [0, 0.1) is 5.41 Å². The molecule has 1 heterocycles. The SMILES string of the molecule is CCC1COCCN1CCC(O)C(C)(C)C. The minimum absolute atomic E-state index is 0.00595. The Morgan fingerprint density at radius 3 is 2.69 bits per heavy atom. The van der Waals surface area contributed by atoms with Crippen LogP contribution in [0.3, 0.4) is 0 Å². The molecule has 0 bridgehead atoms. The molecule has 16 heavy (non-hydrogen) atoms. The van der Waals surface area contributed by atoms with Gasteiger partial charge in [-0.15, -0.1) is 0 Å². The Morgan fingerprint density at radius 2 is 2.12 bits per heavy atom. The Balaban J connectivity index is 2.35. The predicted molar refractivity (Wildman–Crippen MR) is 66.5 cm³/mol. The monoisotopic (exact) mass is 229 g/mol. The summed E-state index contributed by atoms with van der Waals surface area (Å²) in [5.74, 6) is 0. The maximum atomic E-state index is 10.0. The topological polar surface area (TPSA) is 32.7 Å². The molecule has 1 rings (SSSR count). The zero-order valence-corrected chi connectivity index (χ0v) is 11.2. The molecule has 0 aromatic heterocycles. The van der Waals surface area contributed by atoms with Gasteiger partial charge in [0.1, 0.15) is 0 Å². The van der Waals surface area contributed by atoms with E-state index in [1.54, 1.807) is 0 Å². The lowest BCUT2D eigenvalue weighted by Gasteiger charge is -2.36. The third-order valence-electron chi connectivity index (χ3n) is 3.51. The molecule has 0 aromatic rings. The third kappa shape index (κ3) is 4.04. The van der Waals surface area contributed by atoms with Crippen molar-refractivity contribution in [2.45, 2.75) is 52.7 Å². The predicted octanol–water partition coefficient (Wildman–Crippen LogP) is 1.89. The van der Waals surface area contributed by atoms with Crippen LogP contribution in [0.2, 0.25) is 0 Å². The van der Waals surface area contributed by atoms with E-state index in [2.05, 4.69) is 32.6 Å².